The fourth-order valence-corrected chi connectivity index (χ4v) is 3.20. The Morgan fingerprint density at radius 1 is 1.33 bits per heavy atom. The van der Waals surface area contributed by atoms with E-state index in [1.165, 1.54) is 37.0 Å². The lowest BCUT2D eigenvalue weighted by atomic mass is 9.89. The monoisotopic (exact) mass is 337 g/mol. The maximum absolute atomic E-state index is 12.3. The summed E-state index contributed by atoms with van der Waals surface area (Å²) in [4.78, 5) is 26.0. The lowest BCUT2D eigenvalue weighted by Gasteiger charge is -2.28. The Morgan fingerprint density at radius 3 is 2.54 bits per heavy atom. The molecule has 1 aliphatic heterocycles. The molecule has 0 N–H and O–H groups in total. The minimum absolute atomic E-state index is 0.0417. The molecule has 2 amide bonds. The van der Waals surface area contributed by atoms with Crippen LogP contribution in [0.3, 0.4) is 0 Å². The summed E-state index contributed by atoms with van der Waals surface area (Å²) in [6, 6.07) is -0.250. The van der Waals surface area contributed by atoms with E-state index in [4.69, 9.17) is 4.74 Å². The van der Waals surface area contributed by atoms with Gasteiger partial charge in [-0.05, 0) is 46.5 Å². The SMILES string of the molecule is CC(C1=NN(CC2CCCCC2)C(=O)C1)N(C)C(=O)OC(C)(C)C. The average Bonchev–Trinajstić information content (AvgIpc) is 2.86. The molecule has 0 aromatic rings. The van der Waals surface area contributed by atoms with E-state index in [1.54, 1.807) is 12.1 Å². The van der Waals surface area contributed by atoms with Crippen molar-refractivity contribution >= 4 is 17.7 Å². The normalized spacial score (nSPS) is 20.8. The van der Waals surface area contributed by atoms with Crippen LogP contribution in [0.1, 0.15) is 66.2 Å². The molecule has 24 heavy (non-hydrogen) atoms. The third kappa shape index (κ3) is 4.95. The molecule has 6 nitrogen and oxygen atoms in total. The van der Waals surface area contributed by atoms with Crippen molar-refractivity contribution < 1.29 is 14.3 Å². The molecular weight excluding hydrogens is 306 g/mol. The van der Waals surface area contributed by atoms with Crippen LogP contribution in [-0.2, 0) is 9.53 Å². The van der Waals surface area contributed by atoms with Gasteiger partial charge in [0.05, 0.1) is 18.2 Å². The lowest BCUT2D eigenvalue weighted by molar-refractivity contribution is -0.129. The van der Waals surface area contributed by atoms with Crippen molar-refractivity contribution in [3.8, 4) is 0 Å². The van der Waals surface area contributed by atoms with E-state index >= 15 is 0 Å². The minimum atomic E-state index is -0.536. The van der Waals surface area contributed by atoms with Crippen LogP contribution < -0.4 is 0 Å². The van der Waals surface area contributed by atoms with Gasteiger partial charge in [0.2, 0.25) is 5.91 Å². The van der Waals surface area contributed by atoms with Crippen LogP contribution in [0.25, 0.3) is 0 Å². The average molecular weight is 337 g/mol. The number of hydrogen-bond donors (Lipinski definition) is 0. The van der Waals surface area contributed by atoms with Gasteiger partial charge in [-0.25, -0.2) is 9.80 Å². The summed E-state index contributed by atoms with van der Waals surface area (Å²) in [6.45, 7) is 8.12. The predicted molar refractivity (Wildman–Crippen MR) is 93.8 cm³/mol. The quantitative estimate of drug-likeness (QED) is 0.790. The second-order valence-electron chi connectivity index (χ2n) is 8.02. The van der Waals surface area contributed by atoms with Crippen molar-refractivity contribution in [3.05, 3.63) is 0 Å². The Kier molecular flexibility index (Phi) is 5.88. The van der Waals surface area contributed by atoms with Gasteiger partial charge in [0.25, 0.3) is 0 Å². The minimum Gasteiger partial charge on any atom is -0.444 e. The van der Waals surface area contributed by atoms with E-state index in [9.17, 15) is 9.59 Å². The molecule has 0 bridgehead atoms. The number of rotatable bonds is 4. The van der Waals surface area contributed by atoms with Crippen molar-refractivity contribution in [1.29, 1.82) is 0 Å². The summed E-state index contributed by atoms with van der Waals surface area (Å²) in [5, 5.41) is 6.13. The summed E-state index contributed by atoms with van der Waals surface area (Å²) in [6.07, 6.45) is 6.07. The Balaban J connectivity index is 1.96. The maximum Gasteiger partial charge on any atom is 0.410 e. The Labute approximate surface area is 145 Å². The van der Waals surface area contributed by atoms with Crippen molar-refractivity contribution in [1.82, 2.24) is 9.91 Å². The van der Waals surface area contributed by atoms with E-state index in [1.807, 2.05) is 27.7 Å². The van der Waals surface area contributed by atoms with Crippen LogP contribution in [0.15, 0.2) is 5.10 Å². The fourth-order valence-electron chi connectivity index (χ4n) is 3.20. The third-order valence-corrected chi connectivity index (χ3v) is 4.77. The van der Waals surface area contributed by atoms with Crippen LogP contribution in [0, 0.1) is 5.92 Å². The molecule has 0 saturated heterocycles. The molecule has 1 aliphatic carbocycles. The molecule has 2 aliphatic rings. The van der Waals surface area contributed by atoms with Crippen molar-refractivity contribution in [2.45, 2.75) is 77.9 Å². The zero-order valence-corrected chi connectivity index (χ0v) is 15.7. The van der Waals surface area contributed by atoms with Gasteiger partial charge in [-0.3, -0.25) is 4.79 Å². The third-order valence-electron chi connectivity index (χ3n) is 4.77. The molecule has 136 valence electrons. The number of nitrogens with zero attached hydrogens (tertiary/aromatic N) is 3. The zero-order valence-electron chi connectivity index (χ0n) is 15.7. The molecule has 1 atom stereocenters. The summed E-state index contributed by atoms with van der Waals surface area (Å²) < 4.78 is 5.39. The Bertz CT molecular complexity index is 504. The van der Waals surface area contributed by atoms with Gasteiger partial charge in [-0.15, -0.1) is 0 Å². The molecule has 1 fully saturated rings. The summed E-state index contributed by atoms with van der Waals surface area (Å²) in [5.41, 5.74) is 0.204. The smallest absolute Gasteiger partial charge is 0.410 e. The van der Waals surface area contributed by atoms with E-state index in [0.29, 0.717) is 18.9 Å². The predicted octanol–water partition coefficient (Wildman–Crippen LogP) is 3.41. The summed E-state index contributed by atoms with van der Waals surface area (Å²) in [5.74, 6) is 0.602. The van der Waals surface area contributed by atoms with E-state index in [-0.39, 0.29) is 11.9 Å². The standard InChI is InChI=1S/C18H31N3O3/c1-13(20(5)17(23)24-18(2,3)4)15-11-16(22)21(19-15)12-14-9-7-6-8-10-14/h13-14H,6-12H2,1-5H3. The van der Waals surface area contributed by atoms with E-state index in [0.717, 1.165) is 5.71 Å². The molecule has 1 saturated carbocycles. The number of amides is 2. The number of hydrazone groups is 1. The van der Waals surface area contributed by atoms with Crippen LogP contribution in [0.2, 0.25) is 0 Å². The van der Waals surface area contributed by atoms with Crippen molar-refractivity contribution in [2.75, 3.05) is 13.6 Å². The second kappa shape index (κ2) is 7.53. The van der Waals surface area contributed by atoms with Gasteiger partial charge in [0, 0.05) is 13.6 Å². The first kappa shape index (κ1) is 18.7. The van der Waals surface area contributed by atoms with Gasteiger partial charge in [-0.2, -0.15) is 5.10 Å². The van der Waals surface area contributed by atoms with Crippen LogP contribution >= 0.6 is 0 Å². The Hall–Kier alpha value is -1.59. The highest BCUT2D eigenvalue weighted by atomic mass is 16.6. The zero-order chi connectivity index (χ0) is 17.9. The van der Waals surface area contributed by atoms with Gasteiger partial charge in [0.15, 0.2) is 0 Å². The first-order chi connectivity index (χ1) is 11.2. The van der Waals surface area contributed by atoms with E-state index < -0.39 is 11.7 Å². The summed E-state index contributed by atoms with van der Waals surface area (Å²) >= 11 is 0. The molecule has 0 aromatic carbocycles. The van der Waals surface area contributed by atoms with Gasteiger partial charge >= 0.3 is 6.09 Å². The number of hydrogen-bond acceptors (Lipinski definition) is 4. The Morgan fingerprint density at radius 2 is 1.96 bits per heavy atom. The first-order valence-corrected chi connectivity index (χ1v) is 9.01. The molecule has 1 heterocycles. The molecule has 1 unspecified atom stereocenters. The largest absolute Gasteiger partial charge is 0.444 e. The van der Waals surface area contributed by atoms with Gasteiger partial charge in [-0.1, -0.05) is 19.3 Å². The topological polar surface area (TPSA) is 62.2 Å². The number of carbonyl (C=O) groups excluding carboxylic acids is 2. The van der Waals surface area contributed by atoms with Crippen LogP contribution in [0.5, 0.6) is 0 Å². The van der Waals surface area contributed by atoms with E-state index in [2.05, 4.69) is 5.10 Å². The van der Waals surface area contributed by atoms with Crippen molar-refractivity contribution in [2.24, 2.45) is 11.0 Å². The number of ether oxygens (including phenoxy) is 1. The second-order valence-corrected chi connectivity index (χ2v) is 8.02. The molecule has 2 rings (SSSR count). The molecule has 6 heteroatoms. The molecular formula is C18H31N3O3. The highest BCUT2D eigenvalue weighted by Crippen LogP contribution is 2.26. The highest BCUT2D eigenvalue weighted by molar-refractivity contribution is 6.08. The van der Waals surface area contributed by atoms with Gasteiger partial charge in [0.1, 0.15) is 5.60 Å². The first-order valence-electron chi connectivity index (χ1n) is 9.01. The van der Waals surface area contributed by atoms with Crippen LogP contribution in [-0.4, -0.2) is 52.9 Å². The molecule has 0 radical (unpaired) electrons. The lowest BCUT2D eigenvalue weighted by Crippen LogP contribution is -2.43. The molecule has 0 aromatic heterocycles. The van der Waals surface area contributed by atoms with Crippen molar-refractivity contribution in [3.63, 3.8) is 0 Å². The van der Waals surface area contributed by atoms with Gasteiger partial charge < -0.3 is 9.64 Å². The summed E-state index contributed by atoms with van der Waals surface area (Å²) in [7, 11) is 1.69. The highest BCUT2D eigenvalue weighted by Gasteiger charge is 2.33. The maximum atomic E-state index is 12.3. The molecule has 0 spiro atoms. The number of carbonyl (C=O) groups is 2. The van der Waals surface area contributed by atoms with Crippen LogP contribution in [0.4, 0.5) is 4.79 Å². The fraction of sp³-hybridized carbons (Fsp3) is 0.833.